The molecule has 1 unspecified atom stereocenters. The lowest BCUT2D eigenvalue weighted by Gasteiger charge is -2.27. The second kappa shape index (κ2) is 10.4. The number of carbonyl (C=O) groups is 2. The maximum atomic E-state index is 14.1. The maximum absolute atomic E-state index is 14.1. The molecule has 2 N–H and O–H groups in total. The van der Waals surface area contributed by atoms with E-state index < -0.39 is 11.9 Å². The van der Waals surface area contributed by atoms with E-state index in [9.17, 15) is 20.1 Å². The van der Waals surface area contributed by atoms with Gasteiger partial charge in [0.2, 0.25) is 0 Å². The molecule has 2 aromatic heterocycles. The smallest absolute Gasteiger partial charge is 0.355 e. The number of anilines is 2. The van der Waals surface area contributed by atoms with Crippen molar-refractivity contribution in [1.82, 2.24) is 14.9 Å². The van der Waals surface area contributed by atoms with E-state index in [-0.39, 0.29) is 23.7 Å². The standard InChI is InChI=1S/C28H26N8O2/c1-3-4-13-35-25-24(22(16-30)26(35)34-12-7-10-31-11-14-34)33(2)28(38)36(27(25)37)18-23-21(15-29)20-9-6-5-8-19(20)17-32-23/h5-6,8-9,17,31H,7,10-14,18H2,1-2H3/p+1. The van der Waals surface area contributed by atoms with Crippen molar-refractivity contribution < 1.29 is 14.5 Å². The van der Waals surface area contributed by atoms with Gasteiger partial charge in [-0.15, -0.1) is 5.92 Å². The molecule has 0 spiro atoms. The molecule has 2 aliphatic rings. The molecule has 0 radical (unpaired) electrons. The molecule has 1 aromatic carbocycles. The molecule has 0 bridgehead atoms. The van der Waals surface area contributed by atoms with Crippen molar-refractivity contribution >= 4 is 34.2 Å². The first-order valence-electron chi connectivity index (χ1n) is 12.5. The molecular weight excluding hydrogens is 480 g/mol. The molecule has 2 aliphatic heterocycles. The summed E-state index contributed by atoms with van der Waals surface area (Å²) in [6.45, 7) is 4.81. The van der Waals surface area contributed by atoms with Crippen LogP contribution in [0.2, 0.25) is 0 Å². The first-order valence-corrected chi connectivity index (χ1v) is 12.5. The number of benzene rings is 1. The first kappa shape index (κ1) is 25.0. The lowest BCUT2D eigenvalue weighted by molar-refractivity contribution is -0.740. The van der Waals surface area contributed by atoms with E-state index in [2.05, 4.69) is 39.2 Å². The Labute approximate surface area is 220 Å². The van der Waals surface area contributed by atoms with E-state index in [0.29, 0.717) is 41.4 Å². The molecular formula is C28H27N8O2+. The fourth-order valence-electron chi connectivity index (χ4n) is 5.28. The minimum Gasteiger partial charge on any atom is -0.355 e. The molecule has 3 aromatic rings. The van der Waals surface area contributed by atoms with Crippen LogP contribution in [0.3, 0.4) is 0 Å². The van der Waals surface area contributed by atoms with Crippen molar-refractivity contribution in [2.24, 2.45) is 0 Å². The number of hydrogen-bond acceptors (Lipinski definition) is 7. The molecule has 3 amide bonds. The summed E-state index contributed by atoms with van der Waals surface area (Å²) in [7, 11) is 1.58. The highest BCUT2D eigenvalue weighted by Crippen LogP contribution is 2.38. The third-order valence-corrected chi connectivity index (χ3v) is 7.10. The predicted octanol–water partition coefficient (Wildman–Crippen LogP) is 1.40. The number of amides is 3. The van der Waals surface area contributed by atoms with E-state index in [1.54, 1.807) is 24.7 Å². The van der Waals surface area contributed by atoms with E-state index in [1.165, 1.54) is 4.90 Å². The van der Waals surface area contributed by atoms with Crippen LogP contribution in [0.25, 0.3) is 10.8 Å². The van der Waals surface area contributed by atoms with Gasteiger partial charge < -0.3 is 14.8 Å². The van der Waals surface area contributed by atoms with Crippen LogP contribution in [0, 0.1) is 34.5 Å². The van der Waals surface area contributed by atoms with Gasteiger partial charge in [0.15, 0.2) is 5.69 Å². The van der Waals surface area contributed by atoms with Crippen LogP contribution in [0.5, 0.6) is 0 Å². The lowest BCUT2D eigenvalue weighted by Crippen LogP contribution is -3.18. The average molecular weight is 508 g/mol. The number of rotatable bonds is 4. The zero-order valence-electron chi connectivity index (χ0n) is 21.3. The first-order chi connectivity index (χ1) is 18.5. The zero-order valence-corrected chi connectivity index (χ0v) is 21.3. The fourth-order valence-corrected chi connectivity index (χ4v) is 5.28. The number of imide groups is 1. The molecule has 1 fully saturated rings. The van der Waals surface area contributed by atoms with Crippen LogP contribution >= 0.6 is 0 Å². The second-order valence-corrected chi connectivity index (χ2v) is 9.24. The molecule has 10 heteroatoms. The van der Waals surface area contributed by atoms with Crippen molar-refractivity contribution in [3.05, 3.63) is 53.0 Å². The Morgan fingerprint density at radius 3 is 2.66 bits per heavy atom. The molecule has 1 atom stereocenters. The average Bonchev–Trinajstić information content (AvgIpc) is 3.05. The van der Waals surface area contributed by atoms with Crippen LogP contribution in [-0.4, -0.2) is 54.7 Å². The third kappa shape index (κ3) is 4.05. The Morgan fingerprint density at radius 1 is 1.11 bits per heavy atom. The molecule has 38 heavy (non-hydrogen) atoms. The number of carbonyl (C=O) groups excluding carboxylic acids is 2. The van der Waals surface area contributed by atoms with Gasteiger partial charge in [-0.05, 0) is 19.9 Å². The Balaban J connectivity index is 1.65. The second-order valence-electron chi connectivity index (χ2n) is 9.24. The predicted molar refractivity (Wildman–Crippen MR) is 142 cm³/mol. The van der Waals surface area contributed by atoms with Gasteiger partial charge in [-0.1, -0.05) is 30.2 Å². The Hall–Kier alpha value is -4.69. The van der Waals surface area contributed by atoms with Crippen molar-refractivity contribution in [1.29, 1.82) is 10.5 Å². The normalized spacial score (nSPS) is 17.3. The van der Waals surface area contributed by atoms with Crippen molar-refractivity contribution in [2.45, 2.75) is 26.4 Å². The van der Waals surface area contributed by atoms with E-state index in [1.807, 2.05) is 24.3 Å². The van der Waals surface area contributed by atoms with Crippen LogP contribution in [0.15, 0.2) is 30.5 Å². The Bertz CT molecular complexity index is 1590. The van der Waals surface area contributed by atoms with Gasteiger partial charge in [0.25, 0.3) is 0 Å². The minimum absolute atomic E-state index is 0.0102. The summed E-state index contributed by atoms with van der Waals surface area (Å²) in [6.07, 6.45) is 2.53. The van der Waals surface area contributed by atoms with E-state index in [4.69, 9.17) is 0 Å². The van der Waals surface area contributed by atoms with Crippen molar-refractivity contribution in [3.63, 3.8) is 0 Å². The van der Waals surface area contributed by atoms with Crippen molar-refractivity contribution in [2.75, 3.05) is 43.0 Å². The largest absolute Gasteiger partial charge is 0.429 e. The summed E-state index contributed by atoms with van der Waals surface area (Å²) in [6, 6.07) is 11.4. The van der Waals surface area contributed by atoms with Crippen LogP contribution in [0.1, 0.15) is 40.7 Å². The van der Waals surface area contributed by atoms with E-state index in [0.717, 1.165) is 30.3 Å². The number of pyridine rings is 1. The van der Waals surface area contributed by atoms with Crippen molar-refractivity contribution in [3.8, 4) is 24.0 Å². The zero-order chi connectivity index (χ0) is 26.8. The van der Waals surface area contributed by atoms with Gasteiger partial charge in [0.1, 0.15) is 41.4 Å². The SMILES string of the molecule is CC#CCn1c2c(c(C#N)c1N1CCCNCC1)N(C)C(=O)[NH+](Cc1ncc3ccccc3c1C#N)C2=O. The number of nitrogens with zero attached hydrogens (tertiary/aromatic N) is 6. The summed E-state index contributed by atoms with van der Waals surface area (Å²) in [5.74, 6) is 6.07. The summed E-state index contributed by atoms with van der Waals surface area (Å²) < 4.78 is 1.78. The number of nitrogens with one attached hydrogen (secondary N) is 2. The number of fused-ring (bicyclic) bond motifs is 2. The molecule has 5 rings (SSSR count). The third-order valence-electron chi connectivity index (χ3n) is 7.10. The van der Waals surface area contributed by atoms with Gasteiger partial charge in [0, 0.05) is 43.7 Å². The van der Waals surface area contributed by atoms with Crippen LogP contribution in [0.4, 0.5) is 16.3 Å². The highest BCUT2D eigenvalue weighted by Gasteiger charge is 2.47. The van der Waals surface area contributed by atoms with Crippen LogP contribution < -0.4 is 20.0 Å². The van der Waals surface area contributed by atoms with Crippen LogP contribution in [-0.2, 0) is 13.1 Å². The minimum atomic E-state index is -0.499. The number of quaternary nitrogens is 1. The van der Waals surface area contributed by atoms with Gasteiger partial charge in [-0.3, -0.25) is 9.88 Å². The number of urea groups is 1. The quantitative estimate of drug-likeness (QED) is 0.512. The number of hydrogen-bond donors (Lipinski definition) is 2. The maximum Gasteiger partial charge on any atom is 0.429 e. The molecule has 10 nitrogen and oxygen atoms in total. The summed E-state index contributed by atoms with van der Waals surface area (Å²) in [5.41, 5.74) is 1.58. The highest BCUT2D eigenvalue weighted by molar-refractivity contribution is 6.09. The molecule has 190 valence electrons. The van der Waals surface area contributed by atoms with Gasteiger partial charge in [-0.25, -0.2) is 9.59 Å². The Morgan fingerprint density at radius 2 is 1.89 bits per heavy atom. The number of aromatic nitrogens is 2. The number of nitriles is 2. The lowest BCUT2D eigenvalue weighted by atomic mass is 10.0. The fraction of sp³-hybridized carbons (Fsp3) is 0.321. The monoisotopic (exact) mass is 507 g/mol. The molecule has 0 saturated carbocycles. The molecule has 4 heterocycles. The van der Waals surface area contributed by atoms with Gasteiger partial charge >= 0.3 is 11.9 Å². The van der Waals surface area contributed by atoms with Gasteiger partial charge in [-0.2, -0.15) is 15.4 Å². The topological polar surface area (TPSA) is 122 Å². The molecule has 0 aliphatic carbocycles. The highest BCUT2D eigenvalue weighted by atomic mass is 16.2. The summed E-state index contributed by atoms with van der Waals surface area (Å²) in [5, 5.41) is 25.0. The van der Waals surface area contributed by atoms with Gasteiger partial charge in [0.05, 0.1) is 12.1 Å². The Kier molecular flexibility index (Phi) is 6.81. The summed E-state index contributed by atoms with van der Waals surface area (Å²) in [4.78, 5) is 35.6. The molecule has 1 saturated heterocycles. The summed E-state index contributed by atoms with van der Waals surface area (Å²) >= 11 is 0. The van der Waals surface area contributed by atoms with E-state index >= 15 is 0 Å².